The molecule has 10 rings (SSSR count). The van der Waals surface area contributed by atoms with Crippen molar-refractivity contribution in [2.75, 3.05) is 0 Å². The van der Waals surface area contributed by atoms with Crippen molar-refractivity contribution in [3.63, 3.8) is 0 Å². The third kappa shape index (κ3) is 3.88. The Labute approximate surface area is 276 Å². The Morgan fingerprint density at radius 3 is 1.54 bits per heavy atom. The van der Waals surface area contributed by atoms with Crippen LogP contribution in [0.4, 0.5) is 0 Å². The summed E-state index contributed by atoms with van der Waals surface area (Å²) in [6.07, 6.45) is 2.06. The number of benzene rings is 7. The van der Waals surface area contributed by atoms with Gasteiger partial charge in [-0.2, -0.15) is 4.98 Å². The maximum Gasteiger partial charge on any atom is 0.246 e. The second-order valence-corrected chi connectivity index (χ2v) is 12.1. The monoisotopic (exact) mass is 614 g/mol. The second kappa shape index (κ2) is 10.5. The van der Waals surface area contributed by atoms with Crippen LogP contribution in [0.15, 0.2) is 170 Å². The molecule has 0 bridgehead atoms. The fraction of sp³-hybridized carbons (Fsp3) is 0. The third-order valence-corrected chi connectivity index (χ3v) is 9.40. The summed E-state index contributed by atoms with van der Waals surface area (Å²) in [7, 11) is 0. The minimum absolute atomic E-state index is 0.656. The largest absolute Gasteiger partial charge is 0.307 e. The molecule has 3 heterocycles. The van der Waals surface area contributed by atoms with Crippen LogP contribution in [0.1, 0.15) is 0 Å². The molecule has 0 aliphatic rings. The van der Waals surface area contributed by atoms with E-state index < -0.39 is 0 Å². The molecule has 0 fully saturated rings. The van der Waals surface area contributed by atoms with E-state index in [2.05, 4.69) is 143 Å². The van der Waals surface area contributed by atoms with E-state index in [9.17, 15) is 0 Å². The highest BCUT2D eigenvalue weighted by Gasteiger charge is 2.26. The molecule has 48 heavy (non-hydrogen) atoms. The first-order valence-electron chi connectivity index (χ1n) is 16.2. The maximum atomic E-state index is 5.34. The van der Waals surface area contributed by atoms with Crippen molar-refractivity contribution in [2.24, 2.45) is 0 Å². The molecule has 0 N–H and O–H groups in total. The van der Waals surface area contributed by atoms with E-state index in [0.717, 1.165) is 39.3 Å². The van der Waals surface area contributed by atoms with Crippen molar-refractivity contribution < 1.29 is 4.68 Å². The smallest absolute Gasteiger partial charge is 0.246 e. The number of fused-ring (bicyclic) bond motifs is 10. The number of rotatable bonds is 4. The van der Waals surface area contributed by atoms with Crippen molar-refractivity contribution in [2.45, 2.75) is 0 Å². The Hall–Kier alpha value is -6.59. The molecule has 10 aromatic rings. The van der Waals surface area contributed by atoms with Gasteiger partial charge in [-0.1, -0.05) is 127 Å². The molecule has 0 aliphatic heterocycles. The molecule has 3 aromatic heterocycles. The number of para-hydroxylation sites is 4. The topological polar surface area (TPSA) is 39.5 Å². The van der Waals surface area contributed by atoms with Crippen LogP contribution in [0.25, 0.3) is 83.0 Å². The summed E-state index contributed by atoms with van der Waals surface area (Å²) >= 11 is 0. The number of nitrogens with zero attached hydrogens (tertiary/aromatic N) is 5. The Morgan fingerprint density at radius 2 is 0.917 bits per heavy atom. The van der Waals surface area contributed by atoms with Crippen LogP contribution in [0.2, 0.25) is 0 Å². The molecular formula is C43H28N5+. The minimum atomic E-state index is 0.656. The van der Waals surface area contributed by atoms with E-state index in [1.54, 1.807) is 0 Å². The molecular weight excluding hydrogens is 587 g/mol. The van der Waals surface area contributed by atoms with Crippen LogP contribution >= 0.6 is 0 Å². The Balaban J connectivity index is 1.47. The Kier molecular flexibility index (Phi) is 5.81. The van der Waals surface area contributed by atoms with Gasteiger partial charge in [0.2, 0.25) is 23.5 Å². The van der Waals surface area contributed by atoms with Crippen LogP contribution < -0.4 is 4.68 Å². The molecule has 5 heteroatoms. The van der Waals surface area contributed by atoms with Crippen LogP contribution in [-0.2, 0) is 0 Å². The van der Waals surface area contributed by atoms with Crippen LogP contribution in [-0.4, -0.2) is 19.2 Å². The lowest BCUT2D eigenvalue weighted by Gasteiger charge is -2.13. The fourth-order valence-electron chi connectivity index (χ4n) is 7.41. The SMILES string of the molecule is c1ccc(-c2nc(-n3c4ccccc4c4c5ccccc5c5c6ccccc6n(-c6ccccc6)c5c43)c[n+](-c3ccccc3)n2)cc1. The van der Waals surface area contributed by atoms with Crippen LogP contribution in [0.5, 0.6) is 0 Å². The quantitative estimate of drug-likeness (QED) is 0.185. The predicted molar refractivity (Wildman–Crippen MR) is 195 cm³/mol. The molecule has 5 nitrogen and oxygen atoms in total. The first kappa shape index (κ1) is 26.6. The molecule has 7 aromatic carbocycles. The molecule has 0 saturated heterocycles. The Bertz CT molecular complexity index is 2760. The number of hydrogen-bond acceptors (Lipinski definition) is 2. The summed E-state index contributed by atoms with van der Waals surface area (Å²) in [5, 5.41) is 12.3. The summed E-state index contributed by atoms with van der Waals surface area (Å²) in [5.41, 5.74) is 7.56. The first-order chi connectivity index (χ1) is 23.8. The van der Waals surface area contributed by atoms with Gasteiger partial charge in [0.05, 0.1) is 22.1 Å². The average Bonchev–Trinajstić information content (AvgIpc) is 3.70. The highest BCUT2D eigenvalue weighted by Crippen LogP contribution is 2.46. The van der Waals surface area contributed by atoms with Crippen molar-refractivity contribution in [1.82, 2.24) is 19.2 Å². The summed E-state index contributed by atoms with van der Waals surface area (Å²) in [6.45, 7) is 0. The van der Waals surface area contributed by atoms with Gasteiger partial charge in [-0.05, 0) is 39.7 Å². The summed E-state index contributed by atoms with van der Waals surface area (Å²) in [4.78, 5) is 5.34. The first-order valence-corrected chi connectivity index (χ1v) is 16.2. The lowest BCUT2D eigenvalue weighted by Crippen LogP contribution is -2.36. The van der Waals surface area contributed by atoms with E-state index in [4.69, 9.17) is 10.1 Å². The van der Waals surface area contributed by atoms with Crippen molar-refractivity contribution >= 4 is 54.4 Å². The van der Waals surface area contributed by atoms with Gasteiger partial charge in [0.15, 0.2) is 0 Å². The molecule has 0 atom stereocenters. The van der Waals surface area contributed by atoms with Gasteiger partial charge in [0.1, 0.15) is 0 Å². The number of hydrogen-bond donors (Lipinski definition) is 0. The summed E-state index contributed by atoms with van der Waals surface area (Å²) in [6, 6.07) is 57.5. The molecule has 0 saturated carbocycles. The zero-order chi connectivity index (χ0) is 31.6. The third-order valence-electron chi connectivity index (χ3n) is 9.40. The lowest BCUT2D eigenvalue weighted by atomic mass is 9.98. The Morgan fingerprint density at radius 1 is 0.438 bits per heavy atom. The van der Waals surface area contributed by atoms with Crippen molar-refractivity contribution in [3.05, 3.63) is 170 Å². The molecule has 0 radical (unpaired) electrons. The maximum absolute atomic E-state index is 5.34. The van der Waals surface area contributed by atoms with Gasteiger partial charge in [0, 0.05) is 50.0 Å². The van der Waals surface area contributed by atoms with E-state index in [1.165, 1.54) is 37.8 Å². The lowest BCUT2D eigenvalue weighted by molar-refractivity contribution is -0.659. The normalized spacial score (nSPS) is 11.8. The van der Waals surface area contributed by atoms with E-state index in [-0.39, 0.29) is 0 Å². The molecule has 0 amide bonds. The summed E-state index contributed by atoms with van der Waals surface area (Å²) in [5.74, 6) is 1.45. The molecule has 0 aliphatic carbocycles. The van der Waals surface area contributed by atoms with Gasteiger partial charge in [-0.25, -0.2) is 0 Å². The van der Waals surface area contributed by atoms with Crippen LogP contribution in [0.3, 0.4) is 0 Å². The van der Waals surface area contributed by atoms with Crippen molar-refractivity contribution in [1.29, 1.82) is 0 Å². The van der Waals surface area contributed by atoms with Gasteiger partial charge < -0.3 is 4.57 Å². The van der Waals surface area contributed by atoms with Crippen LogP contribution in [0, 0.1) is 0 Å². The van der Waals surface area contributed by atoms with Crippen molar-refractivity contribution in [3.8, 4) is 28.6 Å². The molecule has 0 unspecified atom stereocenters. The van der Waals surface area contributed by atoms with E-state index in [1.807, 2.05) is 41.1 Å². The zero-order valence-electron chi connectivity index (χ0n) is 25.9. The van der Waals surface area contributed by atoms with E-state index >= 15 is 0 Å². The van der Waals surface area contributed by atoms with Gasteiger partial charge >= 0.3 is 0 Å². The molecule has 0 spiro atoms. The minimum Gasteiger partial charge on any atom is -0.307 e. The fourth-order valence-corrected chi connectivity index (χ4v) is 7.41. The molecule has 224 valence electrons. The zero-order valence-corrected chi connectivity index (χ0v) is 25.9. The van der Waals surface area contributed by atoms with Gasteiger partial charge in [-0.15, -0.1) is 0 Å². The highest BCUT2D eigenvalue weighted by atomic mass is 15.3. The van der Waals surface area contributed by atoms with Gasteiger partial charge in [0.25, 0.3) is 0 Å². The number of aromatic nitrogens is 5. The summed E-state index contributed by atoms with van der Waals surface area (Å²) < 4.78 is 6.74. The predicted octanol–water partition coefficient (Wildman–Crippen LogP) is 9.77. The second-order valence-electron chi connectivity index (χ2n) is 12.1. The average molecular weight is 615 g/mol. The highest BCUT2D eigenvalue weighted by molar-refractivity contribution is 6.36. The van der Waals surface area contributed by atoms with E-state index in [0.29, 0.717) is 5.82 Å². The standard InChI is InChI=1S/C43H28N5/c1-4-16-29(17-5-1)43-44-38(28-46(45-43)30-18-6-2-7-19-30)48-37-27-15-13-25-35(37)40-33-23-11-10-22-32(33)39-34-24-12-14-26-36(34)47(41(39)42(40)48)31-20-8-3-9-21-31/h1-28H/q+1. The van der Waals surface area contributed by atoms with Gasteiger partial charge in [-0.3, -0.25) is 4.57 Å².